The lowest BCUT2D eigenvalue weighted by atomic mass is 10.0. The maximum Gasteiger partial charge on any atom is 0.252 e. The molecule has 3 aromatic heterocycles. The summed E-state index contributed by atoms with van der Waals surface area (Å²) >= 11 is 6.05. The Balaban J connectivity index is 1.55. The number of benzene rings is 1. The number of nitrogens with one attached hydrogen (secondary N) is 1. The minimum absolute atomic E-state index is 0.116. The summed E-state index contributed by atoms with van der Waals surface area (Å²) < 4.78 is 3.68. The third-order valence-electron chi connectivity index (χ3n) is 5.24. The maximum atomic E-state index is 13.1. The molecule has 1 amide bonds. The van der Waals surface area contributed by atoms with Gasteiger partial charge in [-0.1, -0.05) is 29.8 Å². The molecule has 1 aromatic carbocycles. The number of hydrogen-bond acceptors (Lipinski definition) is 4. The molecule has 160 valence electrons. The van der Waals surface area contributed by atoms with E-state index >= 15 is 0 Å². The van der Waals surface area contributed by atoms with Crippen molar-refractivity contribution in [1.82, 2.24) is 29.9 Å². The summed E-state index contributed by atoms with van der Waals surface area (Å²) in [5, 5.41) is 13.4. The third-order valence-corrected chi connectivity index (χ3v) is 5.61. The van der Waals surface area contributed by atoms with Crippen LogP contribution < -0.4 is 5.32 Å². The van der Waals surface area contributed by atoms with Gasteiger partial charge in [0.1, 0.15) is 0 Å². The van der Waals surface area contributed by atoms with Gasteiger partial charge in [0.25, 0.3) is 5.91 Å². The number of fused-ring (bicyclic) bond motifs is 1. The van der Waals surface area contributed by atoms with Crippen LogP contribution in [-0.2, 0) is 13.1 Å². The molecule has 0 unspecified atom stereocenters. The Morgan fingerprint density at radius 2 is 1.87 bits per heavy atom. The monoisotopic (exact) mass is 436 g/mol. The molecule has 7 nitrogen and oxygen atoms in total. The van der Waals surface area contributed by atoms with Gasteiger partial charge >= 0.3 is 0 Å². The highest BCUT2D eigenvalue weighted by Gasteiger charge is 2.16. The number of hydrogen-bond donors (Lipinski definition) is 1. The fourth-order valence-electron chi connectivity index (χ4n) is 3.58. The predicted molar refractivity (Wildman–Crippen MR) is 122 cm³/mol. The second-order valence-electron chi connectivity index (χ2n) is 7.49. The zero-order valence-corrected chi connectivity index (χ0v) is 18.6. The van der Waals surface area contributed by atoms with E-state index in [9.17, 15) is 4.79 Å². The van der Waals surface area contributed by atoms with Gasteiger partial charge in [0.05, 0.1) is 33.2 Å². The molecule has 0 atom stereocenters. The van der Waals surface area contributed by atoms with Crippen LogP contribution in [0.1, 0.15) is 35.1 Å². The van der Waals surface area contributed by atoms with Crippen LogP contribution in [0, 0.1) is 13.8 Å². The second kappa shape index (κ2) is 8.89. The molecule has 0 saturated heterocycles. The molecule has 4 aromatic rings. The summed E-state index contributed by atoms with van der Waals surface area (Å²) in [5.74, 6) is -0.116. The van der Waals surface area contributed by atoms with E-state index < -0.39 is 0 Å². The second-order valence-corrected chi connectivity index (χ2v) is 7.90. The van der Waals surface area contributed by atoms with Gasteiger partial charge in [0.15, 0.2) is 0 Å². The summed E-state index contributed by atoms with van der Waals surface area (Å²) in [7, 11) is 0. The maximum absolute atomic E-state index is 13.1. The molecule has 0 spiro atoms. The van der Waals surface area contributed by atoms with E-state index in [0.29, 0.717) is 23.7 Å². The lowest BCUT2D eigenvalue weighted by molar-refractivity contribution is 0.0954. The fraction of sp³-hybridized carbons (Fsp3) is 0.304. The van der Waals surface area contributed by atoms with Crippen LogP contribution in [0.25, 0.3) is 22.2 Å². The summed E-state index contributed by atoms with van der Waals surface area (Å²) in [6.45, 7) is 7.88. The first kappa shape index (κ1) is 21.1. The molecule has 4 rings (SSSR count). The molecule has 0 bridgehead atoms. The summed E-state index contributed by atoms with van der Waals surface area (Å²) in [6.07, 6.45) is 4.53. The Labute approximate surface area is 186 Å². The zero-order chi connectivity index (χ0) is 22.0. The van der Waals surface area contributed by atoms with E-state index in [1.54, 1.807) is 10.9 Å². The van der Waals surface area contributed by atoms with Crippen molar-refractivity contribution in [3.63, 3.8) is 0 Å². The van der Waals surface area contributed by atoms with E-state index in [0.717, 1.165) is 46.5 Å². The average molecular weight is 437 g/mol. The van der Waals surface area contributed by atoms with Gasteiger partial charge in [0, 0.05) is 43.0 Å². The number of rotatable bonds is 7. The highest BCUT2D eigenvalue weighted by Crippen LogP contribution is 2.26. The Bertz CT molecular complexity index is 1220. The summed E-state index contributed by atoms with van der Waals surface area (Å²) in [5.41, 5.74) is 4.79. The largest absolute Gasteiger partial charge is 0.352 e. The number of carbonyl (C=O) groups is 1. The van der Waals surface area contributed by atoms with Crippen molar-refractivity contribution in [2.45, 2.75) is 40.3 Å². The summed E-state index contributed by atoms with van der Waals surface area (Å²) in [6, 6.07) is 9.57. The number of aryl methyl sites for hydroxylation is 4. The molecule has 0 aliphatic carbocycles. The number of pyridine rings is 1. The van der Waals surface area contributed by atoms with Crippen LogP contribution >= 0.6 is 11.6 Å². The van der Waals surface area contributed by atoms with Crippen LogP contribution in [0.3, 0.4) is 0 Å². The smallest absolute Gasteiger partial charge is 0.252 e. The molecule has 0 fully saturated rings. The predicted octanol–water partition coefficient (Wildman–Crippen LogP) is 4.41. The van der Waals surface area contributed by atoms with Gasteiger partial charge < -0.3 is 5.32 Å². The Morgan fingerprint density at radius 1 is 1.10 bits per heavy atom. The first-order valence-electron chi connectivity index (χ1n) is 10.4. The van der Waals surface area contributed by atoms with Crippen LogP contribution in [0.15, 0.2) is 42.7 Å². The van der Waals surface area contributed by atoms with Crippen LogP contribution in [0.5, 0.6) is 0 Å². The normalized spacial score (nSPS) is 11.2. The molecule has 3 heterocycles. The molecule has 0 radical (unpaired) electrons. The molecular formula is C23H25ClN6O. The third kappa shape index (κ3) is 4.46. The number of nitrogens with zero attached hydrogens (tertiary/aromatic N) is 5. The van der Waals surface area contributed by atoms with Crippen LogP contribution in [0.4, 0.5) is 0 Å². The first-order valence-corrected chi connectivity index (χ1v) is 10.8. The number of aromatic nitrogens is 5. The molecule has 0 aliphatic rings. The first-order chi connectivity index (χ1) is 15.0. The van der Waals surface area contributed by atoms with Gasteiger partial charge in [-0.05, 0) is 39.3 Å². The molecule has 1 N–H and O–H groups in total. The lowest BCUT2D eigenvalue weighted by Crippen LogP contribution is -2.25. The Morgan fingerprint density at radius 3 is 2.58 bits per heavy atom. The van der Waals surface area contributed by atoms with Crippen molar-refractivity contribution in [3.8, 4) is 11.3 Å². The van der Waals surface area contributed by atoms with Crippen molar-refractivity contribution in [2.75, 3.05) is 6.54 Å². The minimum Gasteiger partial charge on any atom is -0.352 e. The van der Waals surface area contributed by atoms with Crippen molar-refractivity contribution >= 4 is 28.4 Å². The fourth-order valence-corrected chi connectivity index (χ4v) is 3.73. The standard InChI is InChI=1S/C23H25ClN6O/c1-4-29-13-19(15(2)27-29)22-12-18(17-8-5-6-9-21(17)26-22)23(31)25-10-7-11-30-14-20(24)16(3)28-30/h5-6,8-9,12-14H,4,7,10-11H2,1-3H3,(H,25,31). The molecule has 8 heteroatoms. The zero-order valence-electron chi connectivity index (χ0n) is 17.9. The molecule has 31 heavy (non-hydrogen) atoms. The molecule has 0 saturated carbocycles. The lowest BCUT2D eigenvalue weighted by Gasteiger charge is -2.10. The average Bonchev–Trinajstić information content (AvgIpc) is 3.31. The number of para-hydroxylation sites is 1. The van der Waals surface area contributed by atoms with Gasteiger partial charge in [-0.3, -0.25) is 14.2 Å². The van der Waals surface area contributed by atoms with E-state index in [2.05, 4.69) is 15.5 Å². The Kier molecular flexibility index (Phi) is 6.04. The highest BCUT2D eigenvalue weighted by atomic mass is 35.5. The van der Waals surface area contributed by atoms with E-state index in [-0.39, 0.29) is 5.91 Å². The van der Waals surface area contributed by atoms with Crippen LogP contribution in [-0.4, -0.2) is 37.0 Å². The van der Waals surface area contributed by atoms with E-state index in [1.165, 1.54) is 0 Å². The number of amides is 1. The summed E-state index contributed by atoms with van der Waals surface area (Å²) in [4.78, 5) is 17.8. The van der Waals surface area contributed by atoms with Crippen LogP contribution in [0.2, 0.25) is 5.02 Å². The number of halogens is 1. The topological polar surface area (TPSA) is 77.6 Å². The minimum atomic E-state index is -0.116. The van der Waals surface area contributed by atoms with Gasteiger partial charge in [-0.25, -0.2) is 4.98 Å². The van der Waals surface area contributed by atoms with Gasteiger partial charge in [0.2, 0.25) is 0 Å². The Hall–Kier alpha value is -3.19. The SMILES string of the molecule is CCn1cc(-c2cc(C(=O)NCCCn3cc(Cl)c(C)n3)c3ccccc3n2)c(C)n1. The quantitative estimate of drug-likeness (QED) is 0.435. The van der Waals surface area contributed by atoms with E-state index in [1.807, 2.05) is 62.0 Å². The molecular weight excluding hydrogens is 412 g/mol. The van der Waals surface area contributed by atoms with Crippen molar-refractivity contribution in [3.05, 3.63) is 64.7 Å². The van der Waals surface area contributed by atoms with Crippen molar-refractivity contribution in [2.24, 2.45) is 0 Å². The number of carbonyl (C=O) groups excluding carboxylic acids is 1. The van der Waals surface area contributed by atoms with Gasteiger partial charge in [-0.2, -0.15) is 10.2 Å². The highest BCUT2D eigenvalue weighted by molar-refractivity contribution is 6.31. The van der Waals surface area contributed by atoms with E-state index in [4.69, 9.17) is 16.6 Å². The van der Waals surface area contributed by atoms with Gasteiger partial charge in [-0.15, -0.1) is 0 Å². The molecule has 0 aliphatic heterocycles. The van der Waals surface area contributed by atoms with Crippen molar-refractivity contribution < 1.29 is 4.79 Å². The van der Waals surface area contributed by atoms with Crippen molar-refractivity contribution in [1.29, 1.82) is 0 Å².